The largest absolute Gasteiger partial charge is 0.419 e. The summed E-state index contributed by atoms with van der Waals surface area (Å²) in [5.41, 5.74) is -1.18. The molecule has 0 fully saturated rings. The lowest BCUT2D eigenvalue weighted by atomic mass is 10.1. The summed E-state index contributed by atoms with van der Waals surface area (Å²) < 4.78 is 52.6. The first-order valence-corrected chi connectivity index (χ1v) is 8.25. The Labute approximate surface area is 158 Å². The first-order chi connectivity index (χ1) is 12.1. The molecule has 0 aromatic heterocycles. The van der Waals surface area contributed by atoms with Crippen molar-refractivity contribution in [3.8, 4) is 0 Å². The number of nitrogens with zero attached hydrogens (tertiary/aromatic N) is 2. The normalized spacial score (nSPS) is 11.8. The highest BCUT2D eigenvalue weighted by molar-refractivity contribution is 6.37. The van der Waals surface area contributed by atoms with Gasteiger partial charge >= 0.3 is 6.18 Å². The lowest BCUT2D eigenvalue weighted by molar-refractivity contribution is -0.139. The van der Waals surface area contributed by atoms with E-state index >= 15 is 0 Å². The Morgan fingerprint density at radius 1 is 1.15 bits per heavy atom. The molecule has 2 aromatic carbocycles. The molecule has 0 saturated carbocycles. The zero-order valence-corrected chi connectivity index (χ0v) is 15.3. The predicted octanol–water partition coefficient (Wildman–Crippen LogP) is 6.51. The second-order valence-corrected chi connectivity index (χ2v) is 6.21. The van der Waals surface area contributed by atoms with E-state index in [0.29, 0.717) is 11.8 Å². The molecule has 1 N–H and O–H groups in total. The summed E-state index contributed by atoms with van der Waals surface area (Å²) in [5, 5.41) is 2.89. The summed E-state index contributed by atoms with van der Waals surface area (Å²) in [6.45, 7) is 2.68. The van der Waals surface area contributed by atoms with Crippen LogP contribution in [-0.2, 0) is 6.18 Å². The highest BCUT2D eigenvalue weighted by atomic mass is 35.5. The van der Waals surface area contributed by atoms with Gasteiger partial charge in [0.2, 0.25) is 0 Å². The third-order valence-electron chi connectivity index (χ3n) is 3.50. The fourth-order valence-electron chi connectivity index (χ4n) is 1.97. The highest BCUT2D eigenvalue weighted by Gasteiger charge is 2.34. The maximum Gasteiger partial charge on any atom is 0.419 e. The number of halogens is 6. The number of anilines is 2. The molecule has 0 aliphatic heterocycles. The van der Waals surface area contributed by atoms with Gasteiger partial charge in [-0.25, -0.2) is 9.38 Å². The van der Waals surface area contributed by atoms with Gasteiger partial charge in [-0.3, -0.25) is 0 Å². The maximum absolute atomic E-state index is 14.1. The van der Waals surface area contributed by atoms with Crippen molar-refractivity contribution in [2.24, 2.45) is 4.99 Å². The van der Waals surface area contributed by atoms with Crippen LogP contribution in [0.4, 0.5) is 34.6 Å². The third kappa shape index (κ3) is 4.80. The molecule has 0 amide bonds. The molecule has 2 aromatic rings. The second kappa shape index (κ2) is 8.14. The number of alkyl halides is 3. The monoisotopic (exact) mass is 407 g/mol. The number of rotatable bonds is 5. The summed E-state index contributed by atoms with van der Waals surface area (Å²) >= 11 is 12.3. The zero-order chi connectivity index (χ0) is 19.5. The van der Waals surface area contributed by atoms with E-state index in [9.17, 15) is 17.6 Å². The summed E-state index contributed by atoms with van der Waals surface area (Å²) in [5.74, 6) is -1.42. The number of hydrogen-bond donors (Lipinski definition) is 1. The molecule has 0 aliphatic rings. The van der Waals surface area contributed by atoms with Gasteiger partial charge < -0.3 is 10.2 Å². The zero-order valence-electron chi connectivity index (χ0n) is 13.8. The Morgan fingerprint density at radius 2 is 1.85 bits per heavy atom. The Morgan fingerprint density at radius 3 is 2.46 bits per heavy atom. The second-order valence-electron chi connectivity index (χ2n) is 5.39. The summed E-state index contributed by atoms with van der Waals surface area (Å²) in [6.07, 6.45) is -3.23. The molecule has 26 heavy (non-hydrogen) atoms. The average Bonchev–Trinajstić information content (AvgIpc) is 2.56. The van der Waals surface area contributed by atoms with Crippen LogP contribution >= 0.6 is 23.2 Å². The molecule has 140 valence electrons. The van der Waals surface area contributed by atoms with Gasteiger partial charge in [0.25, 0.3) is 0 Å². The van der Waals surface area contributed by atoms with Crippen LogP contribution < -0.4 is 5.32 Å². The molecule has 0 saturated heterocycles. The van der Waals surface area contributed by atoms with Crippen molar-refractivity contribution in [3.63, 3.8) is 0 Å². The molecule has 0 radical (unpaired) electrons. The Bertz CT molecular complexity index is 822. The molecule has 3 nitrogen and oxygen atoms in total. The van der Waals surface area contributed by atoms with Gasteiger partial charge in [0.1, 0.15) is 0 Å². The van der Waals surface area contributed by atoms with Crippen LogP contribution in [0.3, 0.4) is 0 Å². The molecule has 0 aliphatic carbocycles. The van der Waals surface area contributed by atoms with Crippen molar-refractivity contribution in [1.29, 1.82) is 0 Å². The molecule has 0 unspecified atom stereocenters. The molecule has 2 rings (SSSR count). The molecule has 0 bridgehead atoms. The molecular weight excluding hydrogens is 393 g/mol. The van der Waals surface area contributed by atoms with Crippen molar-refractivity contribution in [2.75, 3.05) is 18.9 Å². The lowest BCUT2D eigenvalue weighted by Gasteiger charge is -2.14. The van der Waals surface area contributed by atoms with E-state index in [1.165, 1.54) is 18.2 Å². The molecule has 0 atom stereocenters. The van der Waals surface area contributed by atoms with Crippen LogP contribution in [0, 0.1) is 5.82 Å². The molecule has 9 heteroatoms. The van der Waals surface area contributed by atoms with E-state index in [4.69, 9.17) is 23.2 Å². The van der Waals surface area contributed by atoms with Crippen molar-refractivity contribution in [3.05, 3.63) is 51.8 Å². The number of nitrogens with one attached hydrogen (secondary N) is 1. The smallest absolute Gasteiger partial charge is 0.366 e. The van der Waals surface area contributed by atoms with Gasteiger partial charge in [-0.05, 0) is 31.2 Å². The quantitative estimate of drug-likeness (QED) is 0.347. The third-order valence-corrected chi connectivity index (χ3v) is 4.12. The van der Waals surface area contributed by atoms with E-state index < -0.39 is 17.6 Å². The van der Waals surface area contributed by atoms with E-state index in [1.807, 2.05) is 18.9 Å². The predicted molar refractivity (Wildman–Crippen MR) is 97.6 cm³/mol. The fourth-order valence-corrected chi connectivity index (χ4v) is 2.38. The van der Waals surface area contributed by atoms with Crippen LogP contribution in [-0.4, -0.2) is 24.8 Å². The highest BCUT2D eigenvalue weighted by Crippen LogP contribution is 2.38. The minimum atomic E-state index is -4.80. The molecule has 0 heterocycles. The van der Waals surface area contributed by atoms with Gasteiger partial charge in [0.05, 0.1) is 39.0 Å². The fraction of sp³-hybridized carbons (Fsp3) is 0.235. The number of benzene rings is 2. The van der Waals surface area contributed by atoms with E-state index in [2.05, 4.69) is 10.3 Å². The summed E-state index contributed by atoms with van der Waals surface area (Å²) in [4.78, 5) is 6.00. The maximum atomic E-state index is 14.1. The number of hydrogen-bond acceptors (Lipinski definition) is 2. The van der Waals surface area contributed by atoms with Gasteiger partial charge in [0.15, 0.2) is 5.82 Å². The summed E-state index contributed by atoms with van der Waals surface area (Å²) in [7, 11) is 1.82. The average molecular weight is 408 g/mol. The van der Waals surface area contributed by atoms with Crippen molar-refractivity contribution < 1.29 is 17.6 Å². The van der Waals surface area contributed by atoms with Crippen LogP contribution in [0.2, 0.25) is 10.0 Å². The molecular formula is C17H15Cl2F4N3. The lowest BCUT2D eigenvalue weighted by Crippen LogP contribution is -2.14. The van der Waals surface area contributed by atoms with E-state index in [1.54, 1.807) is 6.34 Å². The minimum Gasteiger partial charge on any atom is -0.366 e. The molecule has 0 spiro atoms. The topological polar surface area (TPSA) is 27.6 Å². The summed E-state index contributed by atoms with van der Waals surface area (Å²) in [6, 6.07) is 5.76. The minimum absolute atomic E-state index is 0.137. The number of aliphatic imine (C=N–C) groups is 1. The van der Waals surface area contributed by atoms with Crippen molar-refractivity contribution in [2.45, 2.75) is 13.1 Å². The van der Waals surface area contributed by atoms with Gasteiger partial charge in [-0.1, -0.05) is 29.3 Å². The van der Waals surface area contributed by atoms with Crippen molar-refractivity contribution >= 4 is 46.6 Å². The van der Waals surface area contributed by atoms with E-state index in [-0.39, 0.29) is 21.4 Å². The van der Waals surface area contributed by atoms with Gasteiger partial charge in [-0.2, -0.15) is 13.2 Å². The van der Waals surface area contributed by atoms with Crippen LogP contribution in [0.5, 0.6) is 0 Å². The Balaban J connectivity index is 2.34. The standard InChI is InChI=1S/C17H15Cl2F4N3/c1-3-26(2)9-24-14-7-12(19)15(8-11(14)18)25-13-6-4-5-10(16(13)20)17(21,22)23/h4-9,25H,3H2,1-2H3. The van der Waals surface area contributed by atoms with E-state index in [0.717, 1.165) is 12.6 Å². The van der Waals surface area contributed by atoms with Crippen LogP contribution in [0.25, 0.3) is 0 Å². The van der Waals surface area contributed by atoms with Crippen LogP contribution in [0.15, 0.2) is 35.3 Å². The Kier molecular flexibility index (Phi) is 6.36. The van der Waals surface area contributed by atoms with Crippen LogP contribution in [0.1, 0.15) is 12.5 Å². The first-order valence-electron chi connectivity index (χ1n) is 7.49. The van der Waals surface area contributed by atoms with Gasteiger partial charge in [0, 0.05) is 13.6 Å². The van der Waals surface area contributed by atoms with Gasteiger partial charge in [-0.15, -0.1) is 0 Å². The Hall–Kier alpha value is -1.99. The first kappa shape index (κ1) is 20.3. The SMILES string of the molecule is CCN(C)C=Nc1cc(Cl)c(Nc2cccc(C(F)(F)F)c2F)cc1Cl. The van der Waals surface area contributed by atoms with Crippen molar-refractivity contribution in [1.82, 2.24) is 4.90 Å².